The molecule has 3 atom stereocenters. The van der Waals surface area contributed by atoms with Crippen LogP contribution in [0, 0.1) is 23.6 Å². The second-order valence-corrected chi connectivity index (χ2v) is 8.40. The van der Waals surface area contributed by atoms with E-state index in [4.69, 9.17) is 0 Å². The number of rotatable bonds is 4. The highest BCUT2D eigenvalue weighted by Crippen LogP contribution is 2.49. The van der Waals surface area contributed by atoms with E-state index in [-0.39, 0.29) is 17.6 Å². The summed E-state index contributed by atoms with van der Waals surface area (Å²) in [5.74, 6) is 1.23. The zero-order valence-corrected chi connectivity index (χ0v) is 15.2. The Morgan fingerprint density at radius 1 is 1.04 bits per heavy atom. The van der Waals surface area contributed by atoms with E-state index < -0.39 is 0 Å². The van der Waals surface area contributed by atoms with Crippen molar-refractivity contribution in [2.75, 3.05) is 0 Å². The van der Waals surface area contributed by atoms with Crippen molar-refractivity contribution in [3.8, 4) is 10.4 Å². The minimum Gasteiger partial charge on any atom is -0.273 e. The number of nitrogens with one attached hydrogen (secondary N) is 2. The van der Waals surface area contributed by atoms with Gasteiger partial charge in [0.2, 0.25) is 5.91 Å². The number of halogens is 1. The van der Waals surface area contributed by atoms with Crippen molar-refractivity contribution in [3.05, 3.63) is 47.1 Å². The van der Waals surface area contributed by atoms with Crippen molar-refractivity contribution in [1.29, 1.82) is 0 Å². The second-order valence-electron chi connectivity index (χ2n) is 7.31. The Morgan fingerprint density at radius 3 is 2.54 bits per heavy atom. The normalized spacial score (nSPS) is 23.8. The first-order valence-electron chi connectivity index (χ1n) is 9.03. The van der Waals surface area contributed by atoms with Crippen molar-refractivity contribution in [1.82, 2.24) is 10.9 Å². The summed E-state index contributed by atoms with van der Waals surface area (Å²) in [6.45, 7) is 0. The predicted molar refractivity (Wildman–Crippen MR) is 98.9 cm³/mol. The fraction of sp³-hybridized carbons (Fsp3) is 0.400. The molecule has 2 bridgehead atoms. The Morgan fingerprint density at radius 2 is 1.85 bits per heavy atom. The first kappa shape index (κ1) is 17.2. The van der Waals surface area contributed by atoms with E-state index in [0.29, 0.717) is 23.1 Å². The van der Waals surface area contributed by atoms with Crippen LogP contribution in [0.1, 0.15) is 41.8 Å². The molecule has 26 heavy (non-hydrogen) atoms. The maximum Gasteiger partial charge on any atom is 0.279 e. The fourth-order valence-electron chi connectivity index (χ4n) is 4.33. The van der Waals surface area contributed by atoms with Gasteiger partial charge in [0, 0.05) is 11.3 Å². The Balaban J connectivity index is 1.29. The van der Waals surface area contributed by atoms with Gasteiger partial charge < -0.3 is 0 Å². The van der Waals surface area contributed by atoms with Crippen molar-refractivity contribution in [2.45, 2.75) is 32.1 Å². The molecule has 2 fully saturated rings. The molecule has 2 aliphatic rings. The van der Waals surface area contributed by atoms with Crippen LogP contribution in [0.25, 0.3) is 10.4 Å². The minimum atomic E-state index is -0.329. The molecule has 2 aromatic rings. The van der Waals surface area contributed by atoms with Gasteiger partial charge in [-0.1, -0.05) is 18.6 Å². The lowest BCUT2D eigenvalue weighted by Crippen LogP contribution is -2.42. The smallest absolute Gasteiger partial charge is 0.273 e. The molecule has 2 N–H and O–H groups in total. The van der Waals surface area contributed by atoms with Crippen LogP contribution in [0.4, 0.5) is 4.39 Å². The Bertz CT molecular complexity index is 817. The SMILES string of the molecule is O=C(C[C@@H]1C[C@H]2CC[C@@H]1C2)NNC(=O)c1ccc(-c2ccc(F)cc2)s1. The molecule has 4 nitrogen and oxygen atoms in total. The van der Waals surface area contributed by atoms with Crippen LogP contribution in [-0.2, 0) is 4.79 Å². The van der Waals surface area contributed by atoms with Crippen molar-refractivity contribution in [3.63, 3.8) is 0 Å². The van der Waals surface area contributed by atoms with Crippen LogP contribution < -0.4 is 10.9 Å². The lowest BCUT2D eigenvalue weighted by atomic mass is 9.86. The van der Waals surface area contributed by atoms with Crippen molar-refractivity contribution < 1.29 is 14.0 Å². The zero-order chi connectivity index (χ0) is 18.1. The van der Waals surface area contributed by atoms with Crippen LogP contribution in [0.3, 0.4) is 0 Å². The number of carbonyl (C=O) groups is 2. The molecule has 2 saturated carbocycles. The molecule has 2 aliphatic carbocycles. The minimum absolute atomic E-state index is 0.119. The number of thiophene rings is 1. The number of hydrazine groups is 1. The maximum atomic E-state index is 13.0. The number of carbonyl (C=O) groups excluding carboxylic acids is 2. The van der Waals surface area contributed by atoms with Crippen LogP contribution in [0.5, 0.6) is 0 Å². The topological polar surface area (TPSA) is 58.2 Å². The van der Waals surface area contributed by atoms with Gasteiger partial charge in [-0.05, 0) is 66.8 Å². The van der Waals surface area contributed by atoms with Gasteiger partial charge in [-0.2, -0.15) is 0 Å². The third-order valence-electron chi connectivity index (χ3n) is 5.61. The highest BCUT2D eigenvalue weighted by atomic mass is 32.1. The van der Waals surface area contributed by atoms with Gasteiger partial charge in [0.05, 0.1) is 4.88 Å². The molecule has 1 aromatic heterocycles. The van der Waals surface area contributed by atoms with Crippen LogP contribution in [-0.4, -0.2) is 11.8 Å². The standard InChI is InChI=1S/C20H21FN2O2S/c21-16-5-3-13(4-6-16)17-7-8-18(26-17)20(25)23-22-19(24)11-15-10-12-1-2-14(15)9-12/h3-8,12,14-15H,1-2,9-11H2,(H,22,24)(H,23,25)/t12-,14+,15-/m0/s1. The summed E-state index contributed by atoms with van der Waals surface area (Å²) < 4.78 is 13.0. The molecule has 1 aromatic carbocycles. The number of hydrogen-bond acceptors (Lipinski definition) is 3. The largest absolute Gasteiger partial charge is 0.279 e. The Labute approximate surface area is 155 Å². The monoisotopic (exact) mass is 372 g/mol. The summed E-state index contributed by atoms with van der Waals surface area (Å²) in [6, 6.07) is 9.68. The fourth-order valence-corrected chi connectivity index (χ4v) is 5.24. The third kappa shape index (κ3) is 3.65. The highest BCUT2D eigenvalue weighted by Gasteiger charge is 2.40. The van der Waals surface area contributed by atoms with E-state index in [1.54, 1.807) is 18.2 Å². The van der Waals surface area contributed by atoms with Crippen LogP contribution >= 0.6 is 11.3 Å². The van der Waals surface area contributed by atoms with E-state index >= 15 is 0 Å². The third-order valence-corrected chi connectivity index (χ3v) is 6.74. The number of amides is 2. The van der Waals surface area contributed by atoms with Gasteiger partial charge in [0.25, 0.3) is 5.91 Å². The number of fused-ring (bicyclic) bond motifs is 2. The average molecular weight is 372 g/mol. The molecular formula is C20H21FN2O2S. The average Bonchev–Trinajstić information content (AvgIpc) is 3.37. The van der Waals surface area contributed by atoms with Crippen LogP contribution in [0.2, 0.25) is 0 Å². The summed E-state index contributed by atoms with van der Waals surface area (Å²) >= 11 is 1.31. The summed E-state index contributed by atoms with van der Waals surface area (Å²) in [6.07, 6.45) is 5.47. The lowest BCUT2D eigenvalue weighted by Gasteiger charge is -2.20. The molecule has 0 aliphatic heterocycles. The second kappa shape index (κ2) is 7.19. The number of benzene rings is 1. The van der Waals surface area contributed by atoms with E-state index in [1.807, 2.05) is 6.07 Å². The quantitative estimate of drug-likeness (QED) is 0.793. The molecule has 0 spiro atoms. The molecule has 0 radical (unpaired) electrons. The van der Waals surface area contributed by atoms with Crippen LogP contribution in [0.15, 0.2) is 36.4 Å². The van der Waals surface area contributed by atoms with Gasteiger partial charge >= 0.3 is 0 Å². The molecule has 136 valence electrons. The van der Waals surface area contributed by atoms with Gasteiger partial charge in [-0.25, -0.2) is 4.39 Å². The van der Waals surface area contributed by atoms with Gasteiger partial charge in [0.1, 0.15) is 5.82 Å². The molecule has 0 unspecified atom stereocenters. The van der Waals surface area contributed by atoms with E-state index in [9.17, 15) is 14.0 Å². The van der Waals surface area contributed by atoms with Gasteiger partial charge in [-0.3, -0.25) is 20.4 Å². The molecule has 1 heterocycles. The summed E-state index contributed by atoms with van der Waals surface area (Å²) in [7, 11) is 0. The zero-order valence-electron chi connectivity index (χ0n) is 14.3. The van der Waals surface area contributed by atoms with Gasteiger partial charge in [0.15, 0.2) is 0 Å². The molecule has 6 heteroatoms. The van der Waals surface area contributed by atoms with Crippen molar-refractivity contribution in [2.24, 2.45) is 17.8 Å². The van der Waals surface area contributed by atoms with E-state index in [0.717, 1.165) is 22.8 Å². The summed E-state index contributed by atoms with van der Waals surface area (Å²) in [5.41, 5.74) is 5.90. The first-order valence-corrected chi connectivity index (χ1v) is 9.85. The lowest BCUT2D eigenvalue weighted by molar-refractivity contribution is -0.123. The van der Waals surface area contributed by atoms with E-state index in [1.165, 1.54) is 42.7 Å². The van der Waals surface area contributed by atoms with E-state index in [2.05, 4.69) is 10.9 Å². The first-order chi connectivity index (χ1) is 12.6. The molecule has 0 saturated heterocycles. The molecule has 2 amide bonds. The molecular weight excluding hydrogens is 351 g/mol. The Hall–Kier alpha value is -2.21. The van der Waals surface area contributed by atoms with Gasteiger partial charge in [-0.15, -0.1) is 11.3 Å². The Kier molecular flexibility index (Phi) is 4.76. The summed E-state index contributed by atoms with van der Waals surface area (Å²) in [4.78, 5) is 25.7. The predicted octanol–water partition coefficient (Wildman–Crippen LogP) is 4.14. The highest BCUT2D eigenvalue weighted by molar-refractivity contribution is 7.17. The summed E-state index contributed by atoms with van der Waals surface area (Å²) in [5, 5.41) is 0. The number of hydrogen-bond donors (Lipinski definition) is 2. The molecule has 4 rings (SSSR count). The van der Waals surface area contributed by atoms with Crippen molar-refractivity contribution >= 4 is 23.2 Å². The maximum absolute atomic E-state index is 13.0.